The second-order valence-corrected chi connectivity index (χ2v) is 11.1. The van der Waals surface area contributed by atoms with Gasteiger partial charge < -0.3 is 10.2 Å². The maximum Gasteiger partial charge on any atom is 0.253 e. The topological polar surface area (TPSA) is 75.9 Å². The molecule has 9 heteroatoms. The molecule has 1 N–H and O–H groups in total. The van der Waals surface area contributed by atoms with Crippen molar-refractivity contribution in [3.05, 3.63) is 69.0 Å². The van der Waals surface area contributed by atoms with E-state index in [-0.39, 0.29) is 5.91 Å². The van der Waals surface area contributed by atoms with Gasteiger partial charge in [0, 0.05) is 53.2 Å². The number of carbonyl (C=O) groups is 1. The SMILES string of the molecule is CCc1nc2c(s1)-c1c(c(-c3cccnc3)nn1-c1ccc(C(=O)N3CCCNCC3)cc1Br)CC2. The predicted octanol–water partition coefficient (Wildman–Crippen LogP) is 4.92. The molecule has 0 saturated carbocycles. The fraction of sp³-hybridized carbons (Fsp3) is 0.333. The standard InChI is InChI=1S/C27H27BrN6OS/c1-2-23-31-21-8-7-19-24(18-5-3-10-30-16-18)32-34(25(19)26(21)36-23)22-9-6-17(15-20(22)28)27(35)33-13-4-11-29-12-14-33/h3,5-6,9-10,15-16,29H,2,4,7-8,11-14H2,1H3. The minimum absolute atomic E-state index is 0.0711. The number of amides is 1. The van der Waals surface area contributed by atoms with Gasteiger partial charge >= 0.3 is 0 Å². The third kappa shape index (κ3) is 4.19. The summed E-state index contributed by atoms with van der Waals surface area (Å²) in [6.45, 7) is 5.44. The monoisotopic (exact) mass is 562 g/mol. The van der Waals surface area contributed by atoms with E-state index >= 15 is 0 Å². The molecular formula is C27H27BrN6OS. The highest BCUT2D eigenvalue weighted by molar-refractivity contribution is 9.10. The Morgan fingerprint density at radius 2 is 2.11 bits per heavy atom. The summed E-state index contributed by atoms with van der Waals surface area (Å²) in [6.07, 6.45) is 7.35. The van der Waals surface area contributed by atoms with Crippen LogP contribution in [0.3, 0.4) is 0 Å². The lowest BCUT2D eigenvalue weighted by Crippen LogP contribution is -2.34. The number of pyridine rings is 1. The lowest BCUT2D eigenvalue weighted by atomic mass is 9.95. The first-order chi connectivity index (χ1) is 17.6. The smallest absolute Gasteiger partial charge is 0.253 e. The van der Waals surface area contributed by atoms with E-state index in [4.69, 9.17) is 10.1 Å². The third-order valence-electron chi connectivity index (χ3n) is 6.84. The first-order valence-corrected chi connectivity index (χ1v) is 14.1. The Hall–Kier alpha value is -2.88. The second kappa shape index (κ2) is 9.88. The Bertz CT molecular complexity index is 1420. The van der Waals surface area contributed by atoms with Crippen molar-refractivity contribution in [3.8, 4) is 27.5 Å². The number of nitrogens with zero attached hydrogens (tertiary/aromatic N) is 5. The Kier molecular flexibility index (Phi) is 6.45. The summed E-state index contributed by atoms with van der Waals surface area (Å²) in [4.78, 5) is 25.6. The third-order valence-corrected chi connectivity index (χ3v) is 8.72. The molecule has 1 amide bonds. The molecule has 0 radical (unpaired) electrons. The molecule has 1 aliphatic heterocycles. The number of hydrogen-bond acceptors (Lipinski definition) is 6. The van der Waals surface area contributed by atoms with Gasteiger partial charge in [0.1, 0.15) is 0 Å². The van der Waals surface area contributed by atoms with E-state index in [9.17, 15) is 4.79 Å². The highest BCUT2D eigenvalue weighted by atomic mass is 79.9. The zero-order valence-electron chi connectivity index (χ0n) is 20.1. The number of hydrogen-bond donors (Lipinski definition) is 1. The van der Waals surface area contributed by atoms with E-state index in [1.165, 1.54) is 10.4 Å². The summed E-state index contributed by atoms with van der Waals surface area (Å²) in [5, 5.41) is 9.64. The van der Waals surface area contributed by atoms with Gasteiger partial charge in [0.25, 0.3) is 5.91 Å². The number of aryl methyl sites for hydroxylation is 2. The van der Waals surface area contributed by atoms with Crippen molar-refractivity contribution in [1.29, 1.82) is 0 Å². The number of aromatic nitrogens is 4. The molecular weight excluding hydrogens is 536 g/mol. The normalized spacial score (nSPS) is 15.3. The second-order valence-electron chi connectivity index (χ2n) is 9.13. The number of rotatable bonds is 4. The highest BCUT2D eigenvalue weighted by Gasteiger charge is 2.30. The molecule has 0 spiro atoms. The quantitative estimate of drug-likeness (QED) is 0.382. The number of nitrogens with one attached hydrogen (secondary N) is 1. The van der Waals surface area contributed by atoms with Crippen LogP contribution in [0.5, 0.6) is 0 Å². The Balaban J connectivity index is 1.46. The largest absolute Gasteiger partial charge is 0.337 e. The van der Waals surface area contributed by atoms with E-state index in [2.05, 4.69) is 39.2 Å². The molecule has 4 aromatic rings. The van der Waals surface area contributed by atoms with Crippen molar-refractivity contribution in [2.75, 3.05) is 26.2 Å². The molecule has 0 bridgehead atoms. The van der Waals surface area contributed by atoms with Crippen LogP contribution >= 0.6 is 27.3 Å². The van der Waals surface area contributed by atoms with Gasteiger partial charge in [0.15, 0.2) is 0 Å². The summed E-state index contributed by atoms with van der Waals surface area (Å²) in [5.41, 5.74) is 7.05. The van der Waals surface area contributed by atoms with E-state index < -0.39 is 0 Å². The number of benzene rings is 1. The van der Waals surface area contributed by atoms with Crippen LogP contribution in [-0.2, 0) is 19.3 Å². The summed E-state index contributed by atoms with van der Waals surface area (Å²) in [6, 6.07) is 9.87. The van der Waals surface area contributed by atoms with Crippen LogP contribution in [0.2, 0.25) is 0 Å². The summed E-state index contributed by atoms with van der Waals surface area (Å²) >= 11 is 5.54. The molecule has 1 saturated heterocycles. The van der Waals surface area contributed by atoms with Crippen molar-refractivity contribution in [2.24, 2.45) is 0 Å². The van der Waals surface area contributed by atoms with Gasteiger partial charge in [0.05, 0.1) is 32.7 Å². The molecule has 36 heavy (non-hydrogen) atoms. The number of halogens is 1. The Morgan fingerprint density at radius 1 is 1.19 bits per heavy atom. The molecule has 0 atom stereocenters. The zero-order chi connectivity index (χ0) is 24.6. The summed E-state index contributed by atoms with van der Waals surface area (Å²) in [5.74, 6) is 0.0711. The van der Waals surface area contributed by atoms with Gasteiger partial charge in [0.2, 0.25) is 0 Å². The van der Waals surface area contributed by atoms with Crippen LogP contribution in [-0.4, -0.2) is 56.7 Å². The van der Waals surface area contributed by atoms with E-state index in [0.29, 0.717) is 5.56 Å². The van der Waals surface area contributed by atoms with E-state index in [1.54, 1.807) is 17.5 Å². The molecule has 4 heterocycles. The molecule has 1 fully saturated rings. The molecule has 1 aromatic carbocycles. The van der Waals surface area contributed by atoms with Gasteiger partial charge in [-0.25, -0.2) is 9.67 Å². The maximum atomic E-state index is 13.2. The average Bonchev–Trinajstić information content (AvgIpc) is 3.40. The van der Waals surface area contributed by atoms with Crippen molar-refractivity contribution >= 4 is 33.2 Å². The predicted molar refractivity (Wildman–Crippen MR) is 146 cm³/mol. The highest BCUT2D eigenvalue weighted by Crippen LogP contribution is 2.43. The first-order valence-electron chi connectivity index (χ1n) is 12.4. The molecule has 0 unspecified atom stereocenters. The van der Waals surface area contributed by atoms with Crippen molar-refractivity contribution in [3.63, 3.8) is 0 Å². The van der Waals surface area contributed by atoms with Crippen molar-refractivity contribution in [1.82, 2.24) is 30.0 Å². The minimum Gasteiger partial charge on any atom is -0.337 e. The molecule has 7 nitrogen and oxygen atoms in total. The van der Waals surface area contributed by atoms with Gasteiger partial charge in [-0.05, 0) is 78.5 Å². The lowest BCUT2D eigenvalue weighted by molar-refractivity contribution is 0.0766. The van der Waals surface area contributed by atoms with Gasteiger partial charge in [-0.3, -0.25) is 9.78 Å². The zero-order valence-corrected chi connectivity index (χ0v) is 22.5. The fourth-order valence-electron chi connectivity index (χ4n) is 5.02. The van der Waals surface area contributed by atoms with E-state index in [0.717, 1.165) is 89.7 Å². The summed E-state index contributed by atoms with van der Waals surface area (Å²) < 4.78 is 2.87. The average molecular weight is 564 g/mol. The van der Waals surface area contributed by atoms with Crippen LogP contribution in [0.1, 0.15) is 40.0 Å². The molecule has 1 aliphatic carbocycles. The number of fused-ring (bicyclic) bond motifs is 3. The van der Waals surface area contributed by atoms with Gasteiger partial charge in [-0.15, -0.1) is 11.3 Å². The van der Waals surface area contributed by atoms with Crippen LogP contribution < -0.4 is 5.32 Å². The molecule has 184 valence electrons. The van der Waals surface area contributed by atoms with Crippen molar-refractivity contribution < 1.29 is 4.79 Å². The molecule has 3 aromatic heterocycles. The van der Waals surface area contributed by atoms with Crippen LogP contribution in [0, 0.1) is 0 Å². The van der Waals surface area contributed by atoms with Crippen LogP contribution in [0.4, 0.5) is 0 Å². The molecule has 2 aliphatic rings. The number of carbonyl (C=O) groups excluding carboxylic acids is 1. The van der Waals surface area contributed by atoms with Gasteiger partial charge in [-0.1, -0.05) is 6.92 Å². The van der Waals surface area contributed by atoms with Crippen LogP contribution in [0.25, 0.3) is 27.5 Å². The van der Waals surface area contributed by atoms with Gasteiger partial charge in [-0.2, -0.15) is 5.10 Å². The van der Waals surface area contributed by atoms with Crippen LogP contribution in [0.15, 0.2) is 47.2 Å². The first kappa shape index (κ1) is 23.5. The lowest BCUT2D eigenvalue weighted by Gasteiger charge is -2.20. The maximum absolute atomic E-state index is 13.2. The fourth-order valence-corrected chi connectivity index (χ4v) is 6.68. The van der Waals surface area contributed by atoms with E-state index in [1.807, 2.05) is 40.0 Å². The Morgan fingerprint density at radius 3 is 2.92 bits per heavy atom. The Labute approximate surface area is 222 Å². The summed E-state index contributed by atoms with van der Waals surface area (Å²) in [7, 11) is 0. The minimum atomic E-state index is 0.0711. The number of thiazole rings is 1. The van der Waals surface area contributed by atoms with Crippen molar-refractivity contribution in [2.45, 2.75) is 32.6 Å². The molecule has 6 rings (SSSR count).